The van der Waals surface area contributed by atoms with Crippen molar-refractivity contribution in [2.24, 2.45) is 11.8 Å². The Morgan fingerprint density at radius 1 is 1.00 bits per heavy atom. The van der Waals surface area contributed by atoms with Gasteiger partial charge in [0.05, 0.1) is 6.42 Å². The summed E-state index contributed by atoms with van der Waals surface area (Å²) in [6.45, 7) is 11.6. The molecule has 0 bridgehead atoms. The first-order valence-corrected chi connectivity index (χ1v) is 6.36. The van der Waals surface area contributed by atoms with Crippen LogP contribution in [0.2, 0.25) is 0 Å². The molecule has 3 heteroatoms. The Morgan fingerprint density at radius 2 is 1.44 bits per heavy atom. The molecule has 0 fully saturated rings. The van der Waals surface area contributed by atoms with Gasteiger partial charge in [-0.05, 0) is 37.8 Å². The number of rotatable bonds is 9. The molecule has 96 valence electrons. The lowest BCUT2D eigenvalue weighted by molar-refractivity contribution is -0.137. The Labute approximate surface area is 99.8 Å². The van der Waals surface area contributed by atoms with Gasteiger partial charge in [0, 0.05) is 6.54 Å². The van der Waals surface area contributed by atoms with Gasteiger partial charge >= 0.3 is 5.97 Å². The zero-order valence-corrected chi connectivity index (χ0v) is 11.2. The molecule has 0 saturated carbocycles. The molecule has 0 spiro atoms. The molecule has 0 unspecified atom stereocenters. The molecule has 0 aliphatic carbocycles. The van der Waals surface area contributed by atoms with Crippen molar-refractivity contribution in [3.8, 4) is 0 Å². The maximum Gasteiger partial charge on any atom is 0.304 e. The number of hydrogen-bond donors (Lipinski definition) is 1. The second-order valence-corrected chi connectivity index (χ2v) is 5.35. The van der Waals surface area contributed by atoms with Crippen LogP contribution in [0.25, 0.3) is 0 Å². The molecule has 3 nitrogen and oxygen atoms in total. The average molecular weight is 229 g/mol. The lowest BCUT2D eigenvalue weighted by Gasteiger charge is -2.23. The van der Waals surface area contributed by atoms with Gasteiger partial charge in [0.1, 0.15) is 0 Å². The molecular formula is C13H27NO2. The molecule has 0 aliphatic rings. The zero-order valence-electron chi connectivity index (χ0n) is 11.2. The fraction of sp³-hybridized carbons (Fsp3) is 0.923. The molecule has 0 aromatic heterocycles. The standard InChI is InChI=1S/C13H27NO2/c1-11(2)5-8-14(9-6-12(3)4)10-7-13(15)16/h11-12H,5-10H2,1-4H3,(H,15,16). The van der Waals surface area contributed by atoms with Crippen LogP contribution in [0, 0.1) is 11.8 Å². The van der Waals surface area contributed by atoms with Crippen LogP contribution in [-0.4, -0.2) is 35.6 Å². The van der Waals surface area contributed by atoms with Crippen LogP contribution in [0.4, 0.5) is 0 Å². The topological polar surface area (TPSA) is 40.5 Å². The summed E-state index contributed by atoms with van der Waals surface area (Å²) in [7, 11) is 0. The second-order valence-electron chi connectivity index (χ2n) is 5.35. The van der Waals surface area contributed by atoms with Crippen LogP contribution in [-0.2, 0) is 4.79 Å². The van der Waals surface area contributed by atoms with Gasteiger partial charge in [0.25, 0.3) is 0 Å². The average Bonchev–Trinajstić information content (AvgIpc) is 2.15. The summed E-state index contributed by atoms with van der Waals surface area (Å²) in [5.41, 5.74) is 0. The number of carboxylic acid groups (broad SMARTS) is 1. The third kappa shape index (κ3) is 9.97. The van der Waals surface area contributed by atoms with E-state index in [0.29, 0.717) is 18.4 Å². The molecule has 0 aromatic rings. The summed E-state index contributed by atoms with van der Waals surface area (Å²) in [4.78, 5) is 12.8. The first-order chi connectivity index (χ1) is 7.41. The number of nitrogens with zero attached hydrogens (tertiary/aromatic N) is 1. The lowest BCUT2D eigenvalue weighted by Crippen LogP contribution is -2.30. The molecule has 0 radical (unpaired) electrons. The molecule has 0 amide bonds. The van der Waals surface area contributed by atoms with Crippen molar-refractivity contribution in [2.45, 2.75) is 47.0 Å². The van der Waals surface area contributed by atoms with Crippen molar-refractivity contribution in [1.29, 1.82) is 0 Å². The fourth-order valence-corrected chi connectivity index (χ4v) is 1.47. The maximum absolute atomic E-state index is 10.6. The predicted molar refractivity (Wildman–Crippen MR) is 67.6 cm³/mol. The minimum atomic E-state index is -0.695. The zero-order chi connectivity index (χ0) is 12.6. The van der Waals surface area contributed by atoms with E-state index in [4.69, 9.17) is 5.11 Å². The first-order valence-electron chi connectivity index (χ1n) is 6.36. The smallest absolute Gasteiger partial charge is 0.304 e. The highest BCUT2D eigenvalue weighted by Gasteiger charge is 2.09. The molecule has 0 heterocycles. The quantitative estimate of drug-likeness (QED) is 0.661. The van der Waals surface area contributed by atoms with Crippen molar-refractivity contribution in [3.63, 3.8) is 0 Å². The number of carbonyl (C=O) groups is 1. The highest BCUT2D eigenvalue weighted by atomic mass is 16.4. The number of aliphatic carboxylic acids is 1. The van der Waals surface area contributed by atoms with Gasteiger partial charge in [-0.1, -0.05) is 27.7 Å². The van der Waals surface area contributed by atoms with E-state index in [1.807, 2.05) is 0 Å². The summed E-state index contributed by atoms with van der Waals surface area (Å²) < 4.78 is 0. The monoisotopic (exact) mass is 229 g/mol. The summed E-state index contributed by atoms with van der Waals surface area (Å²) in [5, 5.41) is 8.69. The Bertz CT molecular complexity index is 178. The van der Waals surface area contributed by atoms with Crippen LogP contribution in [0.3, 0.4) is 0 Å². The molecule has 0 saturated heterocycles. The third-order valence-electron chi connectivity index (χ3n) is 2.69. The van der Waals surface area contributed by atoms with E-state index in [1.165, 1.54) is 0 Å². The number of hydrogen-bond acceptors (Lipinski definition) is 2. The van der Waals surface area contributed by atoms with E-state index in [2.05, 4.69) is 32.6 Å². The van der Waals surface area contributed by atoms with Crippen LogP contribution < -0.4 is 0 Å². The van der Waals surface area contributed by atoms with E-state index in [-0.39, 0.29) is 6.42 Å². The lowest BCUT2D eigenvalue weighted by atomic mass is 10.1. The van der Waals surface area contributed by atoms with Gasteiger partial charge in [0.15, 0.2) is 0 Å². The van der Waals surface area contributed by atoms with Crippen molar-refractivity contribution in [1.82, 2.24) is 4.90 Å². The molecule has 0 atom stereocenters. The van der Waals surface area contributed by atoms with Crippen molar-refractivity contribution >= 4 is 5.97 Å². The van der Waals surface area contributed by atoms with Crippen molar-refractivity contribution in [3.05, 3.63) is 0 Å². The Hall–Kier alpha value is -0.570. The Morgan fingerprint density at radius 3 is 1.75 bits per heavy atom. The summed E-state index contributed by atoms with van der Waals surface area (Å²) >= 11 is 0. The Balaban J connectivity index is 3.89. The largest absolute Gasteiger partial charge is 0.481 e. The number of carboxylic acids is 1. The molecule has 1 N–H and O–H groups in total. The van der Waals surface area contributed by atoms with Gasteiger partial charge in [-0.15, -0.1) is 0 Å². The molecule has 0 rings (SSSR count). The minimum Gasteiger partial charge on any atom is -0.481 e. The van der Waals surface area contributed by atoms with E-state index >= 15 is 0 Å². The normalized spacial score (nSPS) is 11.7. The van der Waals surface area contributed by atoms with E-state index in [0.717, 1.165) is 25.9 Å². The predicted octanol–water partition coefficient (Wildman–Crippen LogP) is 2.86. The highest BCUT2D eigenvalue weighted by molar-refractivity contribution is 5.66. The maximum atomic E-state index is 10.6. The van der Waals surface area contributed by atoms with Gasteiger partial charge in [-0.3, -0.25) is 4.79 Å². The third-order valence-corrected chi connectivity index (χ3v) is 2.69. The Kier molecular flexibility index (Phi) is 8.26. The van der Waals surface area contributed by atoms with Crippen LogP contribution in [0.1, 0.15) is 47.0 Å². The van der Waals surface area contributed by atoms with Gasteiger partial charge in [-0.25, -0.2) is 0 Å². The molecular weight excluding hydrogens is 202 g/mol. The van der Waals surface area contributed by atoms with Gasteiger partial charge < -0.3 is 10.0 Å². The van der Waals surface area contributed by atoms with Crippen LogP contribution in [0.5, 0.6) is 0 Å². The van der Waals surface area contributed by atoms with Gasteiger partial charge in [0.2, 0.25) is 0 Å². The first kappa shape index (κ1) is 15.4. The second kappa shape index (κ2) is 8.57. The summed E-state index contributed by atoms with van der Waals surface area (Å²) in [6, 6.07) is 0. The van der Waals surface area contributed by atoms with Crippen LogP contribution >= 0.6 is 0 Å². The van der Waals surface area contributed by atoms with E-state index < -0.39 is 5.97 Å². The highest BCUT2D eigenvalue weighted by Crippen LogP contribution is 2.07. The minimum absolute atomic E-state index is 0.260. The van der Waals surface area contributed by atoms with Crippen molar-refractivity contribution < 1.29 is 9.90 Å². The fourth-order valence-electron chi connectivity index (χ4n) is 1.47. The van der Waals surface area contributed by atoms with E-state index in [1.54, 1.807) is 0 Å². The molecule has 0 aliphatic heterocycles. The molecule has 0 aromatic carbocycles. The van der Waals surface area contributed by atoms with Crippen LogP contribution in [0.15, 0.2) is 0 Å². The summed E-state index contributed by atoms with van der Waals surface area (Å²) in [6.07, 6.45) is 2.56. The SMILES string of the molecule is CC(C)CCN(CCC(=O)O)CCC(C)C. The molecule has 16 heavy (non-hydrogen) atoms. The summed E-state index contributed by atoms with van der Waals surface area (Å²) in [5.74, 6) is 0.678. The van der Waals surface area contributed by atoms with Gasteiger partial charge in [-0.2, -0.15) is 0 Å². The van der Waals surface area contributed by atoms with E-state index in [9.17, 15) is 4.79 Å². The van der Waals surface area contributed by atoms with Crippen molar-refractivity contribution in [2.75, 3.05) is 19.6 Å².